The molecule has 1 unspecified atom stereocenters. The summed E-state index contributed by atoms with van der Waals surface area (Å²) in [6, 6.07) is 0. The predicted octanol–water partition coefficient (Wildman–Crippen LogP) is 9.60. The molecule has 1 atom stereocenters. The zero-order valence-corrected chi connectivity index (χ0v) is 25.2. The molecule has 0 rings (SSSR count). The van der Waals surface area contributed by atoms with Gasteiger partial charge in [-0.25, -0.2) is 9.59 Å². The molecule has 28 heteroatoms. The van der Waals surface area contributed by atoms with Crippen LogP contribution in [-0.4, -0.2) is 118 Å². The Hall–Kier alpha value is -3.00. The highest BCUT2D eigenvalue weighted by Gasteiger charge is 2.88. The van der Waals surface area contributed by atoms with Gasteiger partial charge in [0.2, 0.25) is 0 Å². The minimum Gasteiger partial charge on any atom is -0.465 e. The Morgan fingerprint density at radius 2 is 0.784 bits per heavy atom. The fourth-order valence-corrected chi connectivity index (χ4v) is 4.32. The lowest BCUT2D eigenvalue weighted by atomic mass is 9.81. The smallest absolute Gasteiger partial charge is 0.460 e. The normalized spacial score (nSPS) is 15.9. The van der Waals surface area contributed by atoms with Crippen LogP contribution in [0, 0.1) is 11.3 Å². The number of amides is 2. The molecule has 0 spiro atoms. The van der Waals surface area contributed by atoms with Crippen molar-refractivity contribution in [2.75, 3.05) is 26.2 Å². The van der Waals surface area contributed by atoms with Crippen LogP contribution in [0.4, 0.5) is 106 Å². The second-order valence-corrected chi connectivity index (χ2v) is 12.0. The predicted molar refractivity (Wildman–Crippen MR) is 123 cm³/mol. The molecule has 0 heterocycles. The molecule has 0 saturated heterocycles. The van der Waals surface area contributed by atoms with E-state index in [4.69, 9.17) is 10.2 Å². The van der Waals surface area contributed by atoms with Gasteiger partial charge in [0.25, 0.3) is 0 Å². The summed E-state index contributed by atoms with van der Waals surface area (Å²) in [4.78, 5) is 21.0. The Morgan fingerprint density at radius 1 is 0.490 bits per heavy atom. The molecule has 0 aliphatic carbocycles. The first-order valence-electron chi connectivity index (χ1n) is 13.0. The summed E-state index contributed by atoms with van der Waals surface area (Å²) in [5, 5.41) is 18.1. The second kappa shape index (κ2) is 14.1. The van der Waals surface area contributed by atoms with E-state index in [9.17, 15) is 106 Å². The molecule has 2 N–H and O–H groups in total. The maximum atomic E-state index is 14.2. The van der Waals surface area contributed by atoms with Crippen molar-refractivity contribution in [2.45, 2.75) is 93.3 Å². The highest BCUT2D eigenvalue weighted by Crippen LogP contribution is 2.59. The molecule has 304 valence electrons. The van der Waals surface area contributed by atoms with Gasteiger partial charge in [0.05, 0.1) is 13.1 Å². The van der Waals surface area contributed by atoms with Crippen LogP contribution >= 0.6 is 0 Å². The Balaban J connectivity index is 6.04. The zero-order chi connectivity index (χ0) is 41.6. The van der Waals surface area contributed by atoms with Crippen LogP contribution < -0.4 is 0 Å². The summed E-state index contributed by atoms with van der Waals surface area (Å²) in [6.45, 7) is -6.67. The number of carbonyl (C=O) groups is 2. The Bertz CT molecular complexity index is 1230. The van der Waals surface area contributed by atoms with Crippen molar-refractivity contribution in [2.24, 2.45) is 11.3 Å². The number of nitrogens with zero attached hydrogens (tertiary/aromatic N) is 2. The van der Waals surface area contributed by atoms with E-state index < -0.39 is 132 Å². The first kappa shape index (κ1) is 48.0. The van der Waals surface area contributed by atoms with E-state index in [0.29, 0.717) is 0 Å². The molecule has 0 saturated carbocycles. The minimum atomic E-state index is -7.87. The number of rotatable bonds is 17. The van der Waals surface area contributed by atoms with Crippen molar-refractivity contribution >= 4 is 12.2 Å². The zero-order valence-electron chi connectivity index (χ0n) is 25.2. The van der Waals surface area contributed by atoms with Crippen molar-refractivity contribution in [1.29, 1.82) is 0 Å². The number of hydrogen-bond donors (Lipinski definition) is 2. The van der Waals surface area contributed by atoms with Crippen LogP contribution in [-0.2, 0) is 0 Å². The summed E-state index contributed by atoms with van der Waals surface area (Å²) < 4.78 is 292. The van der Waals surface area contributed by atoms with E-state index in [2.05, 4.69) is 0 Å². The Morgan fingerprint density at radius 3 is 1.06 bits per heavy atom. The van der Waals surface area contributed by atoms with Crippen LogP contribution in [0.1, 0.15) is 33.6 Å². The van der Waals surface area contributed by atoms with Crippen molar-refractivity contribution < 1.29 is 116 Å². The van der Waals surface area contributed by atoms with E-state index in [1.807, 2.05) is 0 Å². The molecule has 0 aromatic heterocycles. The fraction of sp³-hybridized carbons (Fsp3) is 0.913. The lowest BCUT2D eigenvalue weighted by Crippen LogP contribution is -2.68. The molecule has 0 aliphatic heterocycles. The maximum Gasteiger partial charge on any atom is 0.460 e. The van der Waals surface area contributed by atoms with Gasteiger partial charge in [-0.05, 0) is 24.2 Å². The van der Waals surface area contributed by atoms with Gasteiger partial charge >= 0.3 is 71.9 Å². The average Bonchev–Trinajstić information content (AvgIpc) is 2.87. The van der Waals surface area contributed by atoms with Crippen LogP contribution in [0.3, 0.4) is 0 Å². The summed E-state index contributed by atoms with van der Waals surface area (Å²) in [7, 11) is 0. The minimum absolute atomic E-state index is 0.725. The summed E-state index contributed by atoms with van der Waals surface area (Å²) >= 11 is 0. The molecule has 0 fully saturated rings. The molecule has 0 aliphatic rings. The average molecular weight is 810 g/mol. The van der Waals surface area contributed by atoms with Gasteiger partial charge < -0.3 is 20.0 Å². The van der Waals surface area contributed by atoms with E-state index >= 15 is 0 Å². The first-order chi connectivity index (χ1) is 21.9. The van der Waals surface area contributed by atoms with E-state index in [0.717, 1.165) is 20.8 Å². The Labute approximate surface area is 270 Å². The van der Waals surface area contributed by atoms with Gasteiger partial charge in [0, 0.05) is 13.1 Å². The molecule has 6 nitrogen and oxygen atoms in total. The van der Waals surface area contributed by atoms with E-state index in [1.54, 1.807) is 0 Å². The largest absolute Gasteiger partial charge is 0.465 e. The van der Waals surface area contributed by atoms with Gasteiger partial charge in [0.1, 0.15) is 0 Å². The fourth-order valence-electron chi connectivity index (χ4n) is 4.32. The quantitative estimate of drug-likeness (QED) is 0.144. The number of alkyl halides is 22. The van der Waals surface area contributed by atoms with Crippen molar-refractivity contribution in [3.8, 4) is 0 Å². The Kier molecular flexibility index (Phi) is 13.3. The monoisotopic (exact) mass is 810 g/mol. The van der Waals surface area contributed by atoms with Crippen LogP contribution in [0.25, 0.3) is 0 Å². The molecule has 2 amide bonds. The number of hydrogen-bond acceptors (Lipinski definition) is 2. The molecule has 0 aromatic carbocycles. The van der Waals surface area contributed by atoms with Crippen molar-refractivity contribution in [3.63, 3.8) is 0 Å². The molecule has 0 bridgehead atoms. The lowest BCUT2D eigenvalue weighted by Gasteiger charge is -2.40. The third kappa shape index (κ3) is 9.15. The van der Waals surface area contributed by atoms with Gasteiger partial charge in [0.15, 0.2) is 0 Å². The molecule has 51 heavy (non-hydrogen) atoms. The van der Waals surface area contributed by atoms with Gasteiger partial charge in [-0.2, -0.15) is 96.6 Å². The van der Waals surface area contributed by atoms with Gasteiger partial charge in [-0.1, -0.05) is 20.8 Å². The number of halogens is 22. The summed E-state index contributed by atoms with van der Waals surface area (Å²) in [6.07, 6.45) is -22.0. The molecule has 0 radical (unpaired) electrons. The topological polar surface area (TPSA) is 81.1 Å². The van der Waals surface area contributed by atoms with E-state index in [-0.39, 0.29) is 0 Å². The van der Waals surface area contributed by atoms with Crippen molar-refractivity contribution in [1.82, 2.24) is 9.80 Å². The summed E-state index contributed by atoms with van der Waals surface area (Å²) in [5.41, 5.74) is -1.93. The van der Waals surface area contributed by atoms with Crippen LogP contribution in [0.5, 0.6) is 0 Å². The third-order valence-electron chi connectivity index (χ3n) is 6.94. The second-order valence-electron chi connectivity index (χ2n) is 12.0. The first-order valence-corrected chi connectivity index (χ1v) is 13.0. The molecule has 0 aromatic rings. The van der Waals surface area contributed by atoms with E-state index in [1.165, 1.54) is 0 Å². The molecular formula is C23H24F22N2O4. The van der Waals surface area contributed by atoms with Crippen LogP contribution in [0.2, 0.25) is 0 Å². The highest BCUT2D eigenvalue weighted by atomic mass is 19.4. The lowest BCUT2D eigenvalue weighted by molar-refractivity contribution is -0.422. The van der Waals surface area contributed by atoms with Gasteiger partial charge in [-0.3, -0.25) is 0 Å². The van der Waals surface area contributed by atoms with Crippen molar-refractivity contribution in [3.05, 3.63) is 0 Å². The van der Waals surface area contributed by atoms with Gasteiger partial charge in [-0.15, -0.1) is 0 Å². The molecular weight excluding hydrogens is 786 g/mol. The maximum absolute atomic E-state index is 14.2. The van der Waals surface area contributed by atoms with Crippen LogP contribution in [0.15, 0.2) is 0 Å². The number of carboxylic acid groups (broad SMARTS) is 2. The highest BCUT2D eigenvalue weighted by molar-refractivity contribution is 5.65. The SMILES string of the molecule is CC(CCN(CC(F)(F)C(F)(F)C(F)(F)C(F)(F)C(F)(F)F)C(=O)O)CC(C)(C)CN(CC(F)(F)C(F)(F)C(F)(F)C(F)(F)C(F)(F)F)C(=O)O. The summed E-state index contributed by atoms with van der Waals surface area (Å²) in [5.74, 6) is -61.1. The standard InChI is InChI=1S/C23H24F22N2O4/c1-10(4-5-46(11(48)49)8-14(24,25)16(28,29)18(32,33)20(36,37)22(40,41)42)6-13(2,3)7-47(12(50)51)9-15(26,27)17(30,31)19(34,35)21(38,39)23(43,44)45/h10H,4-9H2,1-3H3,(H,48,49)(H,50,51). The third-order valence-corrected chi connectivity index (χ3v) is 6.94.